The summed E-state index contributed by atoms with van der Waals surface area (Å²) in [5, 5.41) is 0. The maximum atomic E-state index is 12.2. The maximum absolute atomic E-state index is 12.2. The number of nitrogens with zero attached hydrogens (tertiary/aromatic N) is 3. The largest absolute Gasteiger partial charge is 0.345 e. The molecule has 0 atom stereocenters. The van der Waals surface area contributed by atoms with Gasteiger partial charge in [-0.15, -0.1) is 0 Å². The van der Waals surface area contributed by atoms with Gasteiger partial charge in [-0.25, -0.2) is 0 Å². The van der Waals surface area contributed by atoms with Gasteiger partial charge in [0.15, 0.2) is 0 Å². The van der Waals surface area contributed by atoms with Crippen LogP contribution >= 0.6 is 0 Å². The molecule has 2 rings (SSSR count). The van der Waals surface area contributed by atoms with Crippen molar-refractivity contribution in [3.63, 3.8) is 0 Å². The van der Waals surface area contributed by atoms with Gasteiger partial charge in [0.1, 0.15) is 0 Å². The number of piperazine rings is 1. The lowest BCUT2D eigenvalue weighted by Gasteiger charge is -2.32. The molecule has 0 spiro atoms. The van der Waals surface area contributed by atoms with Crippen LogP contribution in [-0.2, 0) is 6.42 Å². The van der Waals surface area contributed by atoms with Crippen molar-refractivity contribution in [1.29, 1.82) is 0 Å². The zero-order valence-corrected chi connectivity index (χ0v) is 12.8. The first-order valence-electron chi connectivity index (χ1n) is 7.28. The molecule has 110 valence electrons. The van der Waals surface area contributed by atoms with E-state index in [2.05, 4.69) is 22.9 Å². The molecule has 4 heteroatoms. The highest BCUT2D eigenvalue weighted by Gasteiger charge is 2.16. The number of likely N-dealkylation sites (N-methyl/N-ethyl adjacent to an activating group) is 1. The summed E-state index contributed by atoms with van der Waals surface area (Å²) in [6.45, 7) is 5.56. The molecule has 0 N–H and O–H groups in total. The highest BCUT2D eigenvalue weighted by Crippen LogP contribution is 2.12. The van der Waals surface area contributed by atoms with Crippen molar-refractivity contribution in [2.45, 2.75) is 6.42 Å². The number of rotatable bonds is 4. The Labute approximate surface area is 122 Å². The van der Waals surface area contributed by atoms with Crippen LogP contribution in [0, 0.1) is 0 Å². The van der Waals surface area contributed by atoms with Gasteiger partial charge in [-0.3, -0.25) is 4.79 Å². The predicted octanol–water partition coefficient (Wildman–Crippen LogP) is 1.18. The molecule has 0 saturated carbocycles. The zero-order chi connectivity index (χ0) is 14.5. The van der Waals surface area contributed by atoms with Crippen LogP contribution in [0.5, 0.6) is 0 Å². The standard InChI is InChI=1S/C16H25N3O/c1-17(2)16(20)15-7-5-4-6-14(15)8-9-19-12-10-18(3)11-13-19/h4-7H,8-13H2,1-3H3. The molecule has 1 saturated heterocycles. The van der Waals surface area contributed by atoms with Gasteiger partial charge in [0.2, 0.25) is 0 Å². The molecule has 20 heavy (non-hydrogen) atoms. The second-order valence-electron chi connectivity index (χ2n) is 5.75. The highest BCUT2D eigenvalue weighted by atomic mass is 16.2. The molecule has 4 nitrogen and oxygen atoms in total. The fraction of sp³-hybridized carbons (Fsp3) is 0.562. The number of amides is 1. The van der Waals surface area contributed by atoms with Crippen molar-refractivity contribution in [2.24, 2.45) is 0 Å². The molecule has 1 amide bonds. The van der Waals surface area contributed by atoms with Gasteiger partial charge in [-0.2, -0.15) is 0 Å². The van der Waals surface area contributed by atoms with E-state index in [-0.39, 0.29) is 5.91 Å². The van der Waals surface area contributed by atoms with Crippen molar-refractivity contribution in [3.05, 3.63) is 35.4 Å². The van der Waals surface area contributed by atoms with Crippen LogP contribution in [0.1, 0.15) is 15.9 Å². The minimum absolute atomic E-state index is 0.0963. The third-order valence-corrected chi connectivity index (χ3v) is 3.95. The smallest absolute Gasteiger partial charge is 0.253 e. The third kappa shape index (κ3) is 3.81. The van der Waals surface area contributed by atoms with Crippen molar-refractivity contribution >= 4 is 5.91 Å². The van der Waals surface area contributed by atoms with E-state index in [0.717, 1.165) is 50.3 Å². The number of carbonyl (C=O) groups is 1. The quantitative estimate of drug-likeness (QED) is 0.825. The number of benzene rings is 1. The zero-order valence-electron chi connectivity index (χ0n) is 12.8. The first-order chi connectivity index (χ1) is 9.58. The molecule has 1 aliphatic rings. The molecule has 1 fully saturated rings. The van der Waals surface area contributed by atoms with E-state index in [1.54, 1.807) is 19.0 Å². The Kier molecular flexibility index (Phi) is 5.15. The van der Waals surface area contributed by atoms with Crippen molar-refractivity contribution < 1.29 is 4.79 Å². The molecular weight excluding hydrogens is 250 g/mol. The van der Waals surface area contributed by atoms with Crippen LogP contribution in [-0.4, -0.2) is 74.5 Å². The summed E-state index contributed by atoms with van der Waals surface area (Å²) in [6, 6.07) is 7.97. The van der Waals surface area contributed by atoms with E-state index < -0.39 is 0 Å². The van der Waals surface area contributed by atoms with Gasteiger partial charge < -0.3 is 14.7 Å². The molecule has 0 unspecified atom stereocenters. The van der Waals surface area contributed by atoms with E-state index in [0.29, 0.717) is 0 Å². The van der Waals surface area contributed by atoms with Gasteiger partial charge in [-0.1, -0.05) is 18.2 Å². The Morgan fingerprint density at radius 2 is 1.80 bits per heavy atom. The van der Waals surface area contributed by atoms with E-state index in [4.69, 9.17) is 0 Å². The second-order valence-corrected chi connectivity index (χ2v) is 5.75. The van der Waals surface area contributed by atoms with Crippen LogP contribution in [0.25, 0.3) is 0 Å². The van der Waals surface area contributed by atoms with Gasteiger partial charge in [0.05, 0.1) is 0 Å². The van der Waals surface area contributed by atoms with E-state index >= 15 is 0 Å². The molecule has 1 heterocycles. The summed E-state index contributed by atoms with van der Waals surface area (Å²) in [5.41, 5.74) is 2.00. The monoisotopic (exact) mass is 275 g/mol. The average Bonchev–Trinajstić information content (AvgIpc) is 2.46. The van der Waals surface area contributed by atoms with Crippen molar-refractivity contribution in [1.82, 2.24) is 14.7 Å². The lowest BCUT2D eigenvalue weighted by molar-refractivity contribution is 0.0826. The molecular formula is C16H25N3O. The molecule has 0 bridgehead atoms. The Bertz CT molecular complexity index is 451. The Balaban J connectivity index is 1.97. The van der Waals surface area contributed by atoms with Gasteiger partial charge >= 0.3 is 0 Å². The maximum Gasteiger partial charge on any atom is 0.253 e. The molecule has 0 aromatic heterocycles. The summed E-state index contributed by atoms with van der Waals surface area (Å²) in [4.78, 5) is 18.7. The van der Waals surface area contributed by atoms with Gasteiger partial charge in [0, 0.05) is 52.4 Å². The summed E-state index contributed by atoms with van der Waals surface area (Å²) in [6.07, 6.45) is 0.944. The third-order valence-electron chi connectivity index (χ3n) is 3.95. The van der Waals surface area contributed by atoms with Gasteiger partial charge in [0.25, 0.3) is 5.91 Å². The first-order valence-corrected chi connectivity index (χ1v) is 7.28. The topological polar surface area (TPSA) is 26.8 Å². The van der Waals surface area contributed by atoms with Crippen molar-refractivity contribution in [3.8, 4) is 0 Å². The SMILES string of the molecule is CN1CCN(CCc2ccccc2C(=O)N(C)C)CC1. The summed E-state index contributed by atoms with van der Waals surface area (Å²) >= 11 is 0. The van der Waals surface area contributed by atoms with E-state index in [1.807, 2.05) is 18.2 Å². The van der Waals surface area contributed by atoms with E-state index in [1.165, 1.54) is 0 Å². The summed E-state index contributed by atoms with van der Waals surface area (Å²) in [5.74, 6) is 0.0963. The Morgan fingerprint density at radius 3 is 2.45 bits per heavy atom. The molecule has 1 aliphatic heterocycles. The minimum atomic E-state index is 0.0963. The number of hydrogen-bond donors (Lipinski definition) is 0. The Hall–Kier alpha value is -1.39. The van der Waals surface area contributed by atoms with Crippen LogP contribution in [0.15, 0.2) is 24.3 Å². The molecule has 1 aromatic carbocycles. The summed E-state index contributed by atoms with van der Waals surface area (Å²) in [7, 11) is 5.78. The van der Waals surface area contributed by atoms with Gasteiger partial charge in [-0.05, 0) is 25.1 Å². The minimum Gasteiger partial charge on any atom is -0.345 e. The lowest BCUT2D eigenvalue weighted by atomic mass is 10.0. The molecule has 0 aliphatic carbocycles. The summed E-state index contributed by atoms with van der Waals surface area (Å²) < 4.78 is 0. The predicted molar refractivity (Wildman–Crippen MR) is 82.1 cm³/mol. The molecule has 0 radical (unpaired) electrons. The normalized spacial score (nSPS) is 17.1. The lowest BCUT2D eigenvalue weighted by Crippen LogP contribution is -2.45. The Morgan fingerprint density at radius 1 is 1.15 bits per heavy atom. The molecule has 1 aromatic rings. The first kappa shape index (κ1) is 15.0. The average molecular weight is 275 g/mol. The highest BCUT2D eigenvalue weighted by molar-refractivity contribution is 5.95. The number of hydrogen-bond acceptors (Lipinski definition) is 3. The van der Waals surface area contributed by atoms with Crippen LogP contribution in [0.2, 0.25) is 0 Å². The second kappa shape index (κ2) is 6.86. The fourth-order valence-corrected chi connectivity index (χ4v) is 2.54. The fourth-order valence-electron chi connectivity index (χ4n) is 2.54. The van der Waals surface area contributed by atoms with E-state index in [9.17, 15) is 4.79 Å². The van der Waals surface area contributed by atoms with Crippen LogP contribution < -0.4 is 0 Å². The van der Waals surface area contributed by atoms with Crippen LogP contribution in [0.4, 0.5) is 0 Å². The van der Waals surface area contributed by atoms with Crippen molar-refractivity contribution in [2.75, 3.05) is 53.9 Å². The van der Waals surface area contributed by atoms with Crippen LogP contribution in [0.3, 0.4) is 0 Å². The number of carbonyl (C=O) groups excluding carboxylic acids is 1.